The van der Waals surface area contributed by atoms with Gasteiger partial charge in [0.05, 0.1) is 11.0 Å². The summed E-state index contributed by atoms with van der Waals surface area (Å²) in [7, 11) is 0. The van der Waals surface area contributed by atoms with E-state index in [-0.39, 0.29) is 0 Å². The van der Waals surface area contributed by atoms with E-state index in [1.165, 1.54) is 21.7 Å². The maximum absolute atomic E-state index is 4.61. The SMILES string of the molecule is Brc1cn2nc3ccccc3c2c2ccccc12. The van der Waals surface area contributed by atoms with Crippen LogP contribution in [0.4, 0.5) is 0 Å². The van der Waals surface area contributed by atoms with Crippen LogP contribution in [0.1, 0.15) is 0 Å². The lowest BCUT2D eigenvalue weighted by molar-refractivity contribution is 0.983. The second-order valence-electron chi connectivity index (χ2n) is 4.33. The number of benzene rings is 2. The molecule has 0 unspecified atom stereocenters. The minimum atomic E-state index is 1.03. The molecule has 3 heteroatoms. The molecule has 0 bridgehead atoms. The highest BCUT2D eigenvalue weighted by molar-refractivity contribution is 9.10. The molecule has 86 valence electrons. The van der Waals surface area contributed by atoms with Crippen molar-refractivity contribution in [2.45, 2.75) is 0 Å². The Bertz CT molecular complexity index is 893. The Kier molecular flexibility index (Phi) is 2.00. The zero-order chi connectivity index (χ0) is 12.1. The molecule has 2 aromatic heterocycles. The first kappa shape index (κ1) is 10.1. The van der Waals surface area contributed by atoms with Crippen molar-refractivity contribution >= 4 is 43.1 Å². The Morgan fingerprint density at radius 3 is 2.33 bits per heavy atom. The van der Waals surface area contributed by atoms with E-state index in [0.717, 1.165) is 9.99 Å². The molecule has 4 rings (SSSR count). The van der Waals surface area contributed by atoms with Crippen LogP contribution >= 0.6 is 15.9 Å². The van der Waals surface area contributed by atoms with E-state index in [9.17, 15) is 0 Å². The second-order valence-corrected chi connectivity index (χ2v) is 5.19. The lowest BCUT2D eigenvalue weighted by Gasteiger charge is -2.03. The average Bonchev–Trinajstić information content (AvgIpc) is 2.77. The minimum absolute atomic E-state index is 1.03. The van der Waals surface area contributed by atoms with Crippen LogP contribution in [-0.4, -0.2) is 9.61 Å². The normalized spacial score (nSPS) is 11.6. The van der Waals surface area contributed by atoms with Crippen molar-refractivity contribution in [1.82, 2.24) is 9.61 Å². The van der Waals surface area contributed by atoms with Gasteiger partial charge < -0.3 is 0 Å². The number of aromatic nitrogens is 2. The van der Waals surface area contributed by atoms with E-state index in [4.69, 9.17) is 0 Å². The number of hydrogen-bond acceptors (Lipinski definition) is 1. The molecular formula is C15H9BrN2. The van der Waals surface area contributed by atoms with Gasteiger partial charge in [-0.2, -0.15) is 5.10 Å². The molecule has 2 heterocycles. The number of hydrogen-bond donors (Lipinski definition) is 0. The molecule has 0 saturated heterocycles. The molecule has 0 fully saturated rings. The Hall–Kier alpha value is -1.87. The van der Waals surface area contributed by atoms with Gasteiger partial charge in [0.25, 0.3) is 0 Å². The highest BCUT2D eigenvalue weighted by Crippen LogP contribution is 2.31. The summed E-state index contributed by atoms with van der Waals surface area (Å²) in [6.07, 6.45) is 2.03. The standard InChI is InChI=1S/C15H9BrN2/c16-13-9-18-15(11-6-2-1-5-10(11)13)12-7-3-4-8-14(12)17-18/h1-9H. The Morgan fingerprint density at radius 2 is 1.50 bits per heavy atom. The van der Waals surface area contributed by atoms with Crippen molar-refractivity contribution in [3.63, 3.8) is 0 Å². The van der Waals surface area contributed by atoms with Crippen LogP contribution in [0.3, 0.4) is 0 Å². The molecule has 0 atom stereocenters. The molecule has 0 N–H and O–H groups in total. The maximum atomic E-state index is 4.61. The number of halogens is 1. The van der Waals surface area contributed by atoms with Crippen LogP contribution in [0.2, 0.25) is 0 Å². The largest absolute Gasteiger partial charge is 0.238 e. The first-order valence-electron chi connectivity index (χ1n) is 5.79. The summed E-state index contributed by atoms with van der Waals surface area (Å²) in [6, 6.07) is 16.6. The molecule has 0 radical (unpaired) electrons. The molecule has 2 aromatic carbocycles. The van der Waals surface area contributed by atoms with Crippen LogP contribution in [-0.2, 0) is 0 Å². The monoisotopic (exact) mass is 296 g/mol. The minimum Gasteiger partial charge on any atom is -0.238 e. The molecule has 0 aliphatic carbocycles. The lowest BCUT2D eigenvalue weighted by atomic mass is 10.1. The number of nitrogens with zero attached hydrogens (tertiary/aromatic N) is 2. The van der Waals surface area contributed by atoms with Crippen molar-refractivity contribution < 1.29 is 0 Å². The summed E-state index contributed by atoms with van der Waals surface area (Å²) in [5.41, 5.74) is 2.20. The van der Waals surface area contributed by atoms with E-state index >= 15 is 0 Å². The van der Waals surface area contributed by atoms with Crippen LogP contribution in [0.25, 0.3) is 27.2 Å². The number of pyridine rings is 1. The van der Waals surface area contributed by atoms with Gasteiger partial charge in [-0.1, -0.05) is 42.5 Å². The number of rotatable bonds is 0. The van der Waals surface area contributed by atoms with Crippen molar-refractivity contribution in [1.29, 1.82) is 0 Å². The number of fused-ring (bicyclic) bond motifs is 5. The van der Waals surface area contributed by atoms with Crippen LogP contribution in [0.15, 0.2) is 59.2 Å². The summed E-state index contributed by atoms with van der Waals surface area (Å²) in [5.74, 6) is 0. The molecule has 0 amide bonds. The van der Waals surface area contributed by atoms with Crippen molar-refractivity contribution in [3.8, 4) is 0 Å². The molecule has 4 aromatic rings. The Balaban J connectivity index is 2.39. The third-order valence-corrected chi connectivity index (χ3v) is 3.91. The van der Waals surface area contributed by atoms with Gasteiger partial charge in [-0.05, 0) is 27.4 Å². The lowest BCUT2D eigenvalue weighted by Crippen LogP contribution is -1.88. The van der Waals surface area contributed by atoms with Crippen molar-refractivity contribution in [3.05, 3.63) is 59.2 Å². The molecule has 2 nitrogen and oxygen atoms in total. The fraction of sp³-hybridized carbons (Fsp3) is 0. The average molecular weight is 297 g/mol. The summed E-state index contributed by atoms with van der Waals surface area (Å²) in [4.78, 5) is 0. The summed E-state index contributed by atoms with van der Waals surface area (Å²) in [6.45, 7) is 0. The molecule has 0 aliphatic heterocycles. The van der Waals surface area contributed by atoms with Gasteiger partial charge in [0, 0.05) is 21.4 Å². The zero-order valence-electron chi connectivity index (χ0n) is 9.47. The summed E-state index contributed by atoms with van der Waals surface area (Å²) < 4.78 is 3.02. The Labute approximate surface area is 112 Å². The maximum Gasteiger partial charge on any atom is 0.0934 e. The van der Waals surface area contributed by atoms with Gasteiger partial charge in [-0.3, -0.25) is 0 Å². The third-order valence-electron chi connectivity index (χ3n) is 3.28. The summed E-state index contributed by atoms with van der Waals surface area (Å²) >= 11 is 3.61. The fourth-order valence-electron chi connectivity index (χ4n) is 2.49. The predicted octanol–water partition coefficient (Wildman–Crippen LogP) is 4.40. The molecule has 0 spiro atoms. The van der Waals surface area contributed by atoms with Crippen LogP contribution in [0, 0.1) is 0 Å². The van der Waals surface area contributed by atoms with Crippen LogP contribution < -0.4 is 0 Å². The van der Waals surface area contributed by atoms with Gasteiger partial charge in [0.15, 0.2) is 0 Å². The first-order chi connectivity index (χ1) is 8.84. The molecule has 18 heavy (non-hydrogen) atoms. The highest BCUT2D eigenvalue weighted by atomic mass is 79.9. The topological polar surface area (TPSA) is 17.3 Å². The second kappa shape index (κ2) is 3.56. The third kappa shape index (κ3) is 1.25. The molecule has 0 saturated carbocycles. The van der Waals surface area contributed by atoms with E-state index < -0.39 is 0 Å². The fourth-order valence-corrected chi connectivity index (χ4v) is 3.03. The van der Waals surface area contributed by atoms with Gasteiger partial charge in [-0.25, -0.2) is 4.52 Å². The Morgan fingerprint density at radius 1 is 0.833 bits per heavy atom. The zero-order valence-corrected chi connectivity index (χ0v) is 11.1. The smallest absolute Gasteiger partial charge is 0.0934 e. The molecule has 0 aliphatic rings. The van der Waals surface area contributed by atoms with Crippen molar-refractivity contribution in [2.75, 3.05) is 0 Å². The van der Waals surface area contributed by atoms with E-state index in [0.29, 0.717) is 0 Å². The van der Waals surface area contributed by atoms with Crippen LogP contribution in [0.5, 0.6) is 0 Å². The predicted molar refractivity (Wildman–Crippen MR) is 77.9 cm³/mol. The summed E-state index contributed by atoms with van der Waals surface area (Å²) in [5, 5.41) is 8.25. The molecular weight excluding hydrogens is 288 g/mol. The van der Waals surface area contributed by atoms with Gasteiger partial charge >= 0.3 is 0 Å². The van der Waals surface area contributed by atoms with E-state index in [2.05, 4.69) is 57.4 Å². The highest BCUT2D eigenvalue weighted by Gasteiger charge is 2.09. The van der Waals surface area contributed by atoms with E-state index in [1.807, 2.05) is 22.8 Å². The quantitative estimate of drug-likeness (QED) is 0.470. The first-order valence-corrected chi connectivity index (χ1v) is 6.58. The van der Waals surface area contributed by atoms with Gasteiger partial charge in [0.1, 0.15) is 0 Å². The van der Waals surface area contributed by atoms with Crippen molar-refractivity contribution in [2.24, 2.45) is 0 Å². The van der Waals surface area contributed by atoms with E-state index in [1.54, 1.807) is 0 Å². The van der Waals surface area contributed by atoms with Gasteiger partial charge in [-0.15, -0.1) is 0 Å². The van der Waals surface area contributed by atoms with Gasteiger partial charge in [0.2, 0.25) is 0 Å².